The minimum atomic E-state index is -0.109. The molecule has 3 aromatic rings. The first-order chi connectivity index (χ1) is 12.8. The number of aromatic nitrogens is 1. The van der Waals surface area contributed by atoms with Crippen LogP contribution in [0.5, 0.6) is 11.5 Å². The molecule has 0 fully saturated rings. The maximum atomic E-state index is 12.0. The fraction of sp³-hybridized carbons (Fsp3) is 0.150. The summed E-state index contributed by atoms with van der Waals surface area (Å²) in [6, 6.07) is 13.8. The SMILES string of the molecule is O=C(C=Cc1ccc2c(c1)OCO2)NCCSc1c[nH]c2ccccc12. The fourth-order valence-electron chi connectivity index (χ4n) is 2.75. The van der Waals surface area contributed by atoms with Crippen molar-refractivity contribution in [3.8, 4) is 11.5 Å². The van der Waals surface area contributed by atoms with Crippen LogP contribution in [0.3, 0.4) is 0 Å². The normalized spacial score (nSPS) is 12.8. The monoisotopic (exact) mass is 366 g/mol. The van der Waals surface area contributed by atoms with Gasteiger partial charge in [0.15, 0.2) is 11.5 Å². The highest BCUT2D eigenvalue weighted by Gasteiger charge is 2.12. The first-order valence-corrected chi connectivity index (χ1v) is 9.33. The maximum Gasteiger partial charge on any atom is 0.244 e. The number of fused-ring (bicyclic) bond motifs is 2. The summed E-state index contributed by atoms with van der Waals surface area (Å²) in [5, 5.41) is 4.12. The molecule has 0 aliphatic carbocycles. The molecule has 0 radical (unpaired) electrons. The molecule has 4 rings (SSSR count). The summed E-state index contributed by atoms with van der Waals surface area (Å²) in [6.45, 7) is 0.853. The zero-order valence-corrected chi connectivity index (χ0v) is 14.8. The van der Waals surface area contributed by atoms with Crippen LogP contribution in [0.15, 0.2) is 59.6 Å². The third-order valence-electron chi connectivity index (χ3n) is 4.03. The lowest BCUT2D eigenvalue weighted by Gasteiger charge is -2.02. The smallest absolute Gasteiger partial charge is 0.244 e. The van der Waals surface area contributed by atoms with Gasteiger partial charge in [0.05, 0.1) is 0 Å². The summed E-state index contributed by atoms with van der Waals surface area (Å²) < 4.78 is 10.6. The lowest BCUT2D eigenvalue weighted by molar-refractivity contribution is -0.116. The van der Waals surface area contributed by atoms with E-state index in [2.05, 4.69) is 22.4 Å². The Morgan fingerprint density at radius 3 is 3.04 bits per heavy atom. The number of amides is 1. The summed E-state index contributed by atoms with van der Waals surface area (Å²) in [4.78, 5) is 16.4. The van der Waals surface area contributed by atoms with Crippen molar-refractivity contribution in [1.29, 1.82) is 0 Å². The third kappa shape index (κ3) is 3.70. The summed E-state index contributed by atoms with van der Waals surface area (Å²) in [5.41, 5.74) is 2.03. The number of carbonyl (C=O) groups excluding carboxylic acids is 1. The molecule has 0 saturated heterocycles. The molecule has 0 spiro atoms. The predicted octanol–water partition coefficient (Wildman–Crippen LogP) is 3.82. The topological polar surface area (TPSA) is 63.4 Å². The van der Waals surface area contributed by atoms with Gasteiger partial charge in [0.2, 0.25) is 12.7 Å². The summed E-state index contributed by atoms with van der Waals surface area (Å²) in [6.07, 6.45) is 5.31. The Hall–Kier alpha value is -2.86. The van der Waals surface area contributed by atoms with Crippen LogP contribution in [0.1, 0.15) is 5.56 Å². The van der Waals surface area contributed by atoms with Gasteiger partial charge >= 0.3 is 0 Å². The average molecular weight is 366 g/mol. The van der Waals surface area contributed by atoms with Gasteiger partial charge in [-0.1, -0.05) is 24.3 Å². The van der Waals surface area contributed by atoms with E-state index in [-0.39, 0.29) is 12.7 Å². The largest absolute Gasteiger partial charge is 0.454 e. The average Bonchev–Trinajstić information content (AvgIpc) is 3.30. The Morgan fingerprint density at radius 2 is 2.08 bits per heavy atom. The first-order valence-electron chi connectivity index (χ1n) is 8.34. The van der Waals surface area contributed by atoms with Crippen LogP contribution in [-0.4, -0.2) is 30.0 Å². The zero-order valence-electron chi connectivity index (χ0n) is 14.0. The van der Waals surface area contributed by atoms with E-state index in [0.29, 0.717) is 12.3 Å². The second kappa shape index (κ2) is 7.58. The maximum absolute atomic E-state index is 12.0. The van der Waals surface area contributed by atoms with Crippen molar-refractivity contribution in [3.05, 3.63) is 60.3 Å². The molecule has 1 aliphatic heterocycles. The number of ether oxygens (including phenoxy) is 2. The molecular weight excluding hydrogens is 348 g/mol. The van der Waals surface area contributed by atoms with Crippen molar-refractivity contribution in [1.82, 2.24) is 10.3 Å². The first kappa shape index (κ1) is 16.6. The van der Waals surface area contributed by atoms with Crippen LogP contribution in [0.4, 0.5) is 0 Å². The summed E-state index contributed by atoms with van der Waals surface area (Å²) >= 11 is 1.73. The van der Waals surface area contributed by atoms with E-state index in [1.54, 1.807) is 17.8 Å². The molecule has 1 amide bonds. The number of para-hydroxylation sites is 1. The highest BCUT2D eigenvalue weighted by Crippen LogP contribution is 2.32. The summed E-state index contributed by atoms with van der Waals surface area (Å²) in [7, 11) is 0. The lowest BCUT2D eigenvalue weighted by atomic mass is 10.2. The van der Waals surface area contributed by atoms with Gasteiger partial charge in [-0.3, -0.25) is 4.79 Å². The molecule has 2 heterocycles. The molecule has 0 atom stereocenters. The molecule has 0 bridgehead atoms. The van der Waals surface area contributed by atoms with E-state index in [4.69, 9.17) is 9.47 Å². The van der Waals surface area contributed by atoms with Crippen molar-refractivity contribution in [3.63, 3.8) is 0 Å². The standard InChI is InChI=1S/C20H18N2O3S/c23-20(8-6-14-5-7-17-18(11-14)25-13-24-17)21-9-10-26-19-12-22-16-4-2-1-3-15(16)19/h1-8,11-12,22H,9-10,13H2,(H,21,23). The van der Waals surface area contributed by atoms with Gasteiger partial charge in [0.1, 0.15) is 0 Å². The predicted molar refractivity (Wildman–Crippen MR) is 104 cm³/mol. The Bertz CT molecular complexity index is 965. The Kier molecular flexibility index (Phi) is 4.84. The van der Waals surface area contributed by atoms with Crippen molar-refractivity contribution >= 4 is 34.6 Å². The minimum absolute atomic E-state index is 0.109. The highest BCUT2D eigenvalue weighted by molar-refractivity contribution is 7.99. The second-order valence-electron chi connectivity index (χ2n) is 5.78. The number of hydrogen-bond acceptors (Lipinski definition) is 4. The number of rotatable bonds is 6. The van der Waals surface area contributed by atoms with Crippen LogP contribution < -0.4 is 14.8 Å². The van der Waals surface area contributed by atoms with Crippen LogP contribution in [0.2, 0.25) is 0 Å². The van der Waals surface area contributed by atoms with E-state index in [1.165, 1.54) is 16.4 Å². The van der Waals surface area contributed by atoms with Crippen LogP contribution >= 0.6 is 11.8 Å². The number of thioether (sulfide) groups is 1. The molecule has 26 heavy (non-hydrogen) atoms. The van der Waals surface area contributed by atoms with E-state index >= 15 is 0 Å². The Morgan fingerprint density at radius 1 is 1.19 bits per heavy atom. The molecule has 2 N–H and O–H groups in total. The highest BCUT2D eigenvalue weighted by atomic mass is 32.2. The van der Waals surface area contributed by atoms with Gasteiger partial charge < -0.3 is 19.8 Å². The number of aromatic amines is 1. The molecule has 1 aromatic heterocycles. The Labute approximate surface area is 155 Å². The minimum Gasteiger partial charge on any atom is -0.454 e. The molecule has 6 heteroatoms. The molecule has 2 aromatic carbocycles. The van der Waals surface area contributed by atoms with Crippen LogP contribution in [0, 0.1) is 0 Å². The van der Waals surface area contributed by atoms with Crippen molar-refractivity contribution in [2.75, 3.05) is 19.1 Å². The van der Waals surface area contributed by atoms with E-state index in [9.17, 15) is 4.79 Å². The molecule has 1 aliphatic rings. The third-order valence-corrected chi connectivity index (χ3v) is 5.09. The second-order valence-corrected chi connectivity index (χ2v) is 6.92. The van der Waals surface area contributed by atoms with Gasteiger partial charge in [-0.25, -0.2) is 0 Å². The molecule has 5 nitrogen and oxygen atoms in total. The number of H-pyrrole nitrogens is 1. The zero-order chi connectivity index (χ0) is 17.8. The van der Waals surface area contributed by atoms with Gasteiger partial charge in [-0.05, 0) is 29.8 Å². The van der Waals surface area contributed by atoms with Gasteiger partial charge in [-0.2, -0.15) is 0 Å². The quantitative estimate of drug-likeness (QED) is 0.395. The van der Waals surface area contributed by atoms with E-state index in [1.807, 2.05) is 36.5 Å². The molecule has 0 unspecified atom stereocenters. The van der Waals surface area contributed by atoms with Crippen molar-refractivity contribution in [2.24, 2.45) is 0 Å². The lowest BCUT2D eigenvalue weighted by Crippen LogP contribution is -2.23. The number of hydrogen-bond donors (Lipinski definition) is 2. The van der Waals surface area contributed by atoms with E-state index < -0.39 is 0 Å². The molecular formula is C20H18N2O3S. The Balaban J connectivity index is 1.25. The van der Waals surface area contributed by atoms with Gasteiger partial charge in [-0.15, -0.1) is 11.8 Å². The van der Waals surface area contributed by atoms with Crippen molar-refractivity contribution in [2.45, 2.75) is 4.90 Å². The fourth-order valence-corrected chi connectivity index (χ4v) is 3.65. The van der Waals surface area contributed by atoms with Gasteiger partial charge in [0, 0.05) is 40.4 Å². The molecule has 0 saturated carbocycles. The van der Waals surface area contributed by atoms with Gasteiger partial charge in [0.25, 0.3) is 0 Å². The van der Waals surface area contributed by atoms with Crippen LogP contribution in [-0.2, 0) is 4.79 Å². The number of benzene rings is 2. The van der Waals surface area contributed by atoms with Crippen molar-refractivity contribution < 1.29 is 14.3 Å². The van der Waals surface area contributed by atoms with Crippen LogP contribution in [0.25, 0.3) is 17.0 Å². The number of nitrogens with one attached hydrogen (secondary N) is 2. The summed E-state index contributed by atoms with van der Waals surface area (Å²) in [5.74, 6) is 2.15. The molecule has 132 valence electrons. The number of carbonyl (C=O) groups is 1. The van der Waals surface area contributed by atoms with E-state index in [0.717, 1.165) is 22.6 Å².